The van der Waals surface area contributed by atoms with Gasteiger partial charge in [-0.2, -0.15) is 0 Å². The zero-order chi connectivity index (χ0) is 13.9. The van der Waals surface area contributed by atoms with Crippen molar-refractivity contribution in [3.63, 3.8) is 0 Å². The zero-order valence-corrected chi connectivity index (χ0v) is 11.5. The number of ether oxygens (including phenoxy) is 1. The molecule has 0 fully saturated rings. The maximum atomic E-state index is 5.71. The molecule has 3 aromatic carbocycles. The predicted molar refractivity (Wildman–Crippen MR) is 84.2 cm³/mol. The number of nitrogen functional groups attached to an aromatic ring is 1. The van der Waals surface area contributed by atoms with Gasteiger partial charge in [0.15, 0.2) is 0 Å². The van der Waals surface area contributed by atoms with E-state index in [0.717, 1.165) is 17.9 Å². The van der Waals surface area contributed by atoms with Gasteiger partial charge in [0.25, 0.3) is 0 Å². The molecule has 0 bridgehead atoms. The monoisotopic (exact) mass is 263 g/mol. The Hall–Kier alpha value is -2.48. The van der Waals surface area contributed by atoms with Gasteiger partial charge in [-0.25, -0.2) is 0 Å². The fourth-order valence-corrected chi connectivity index (χ4v) is 2.38. The molecule has 0 amide bonds. The van der Waals surface area contributed by atoms with Crippen LogP contribution < -0.4 is 10.5 Å². The summed E-state index contributed by atoms with van der Waals surface area (Å²) in [6, 6.07) is 20.7. The van der Waals surface area contributed by atoms with Gasteiger partial charge in [0.1, 0.15) is 5.75 Å². The molecular formula is C18H17NO. The normalized spacial score (nSPS) is 10.7. The Balaban J connectivity index is 1.90. The summed E-state index contributed by atoms with van der Waals surface area (Å²) in [5.74, 6) is 0.892. The third-order valence-electron chi connectivity index (χ3n) is 3.50. The Morgan fingerprint density at radius 1 is 0.800 bits per heavy atom. The van der Waals surface area contributed by atoms with Crippen LogP contribution in [0.1, 0.15) is 11.1 Å². The van der Waals surface area contributed by atoms with Crippen LogP contribution in [0.2, 0.25) is 0 Å². The number of rotatable bonds is 3. The summed E-state index contributed by atoms with van der Waals surface area (Å²) in [6.07, 6.45) is 0.919. The number of hydrogen-bond donors (Lipinski definition) is 1. The molecule has 0 spiro atoms. The van der Waals surface area contributed by atoms with Crippen LogP contribution >= 0.6 is 0 Å². The van der Waals surface area contributed by atoms with Crippen LogP contribution in [-0.4, -0.2) is 7.11 Å². The second-order valence-corrected chi connectivity index (χ2v) is 4.97. The van der Waals surface area contributed by atoms with Crippen molar-refractivity contribution in [2.24, 2.45) is 0 Å². The van der Waals surface area contributed by atoms with E-state index in [-0.39, 0.29) is 0 Å². The molecule has 100 valence electrons. The highest BCUT2D eigenvalue weighted by Gasteiger charge is 2.00. The zero-order valence-electron chi connectivity index (χ0n) is 11.5. The van der Waals surface area contributed by atoms with Crippen molar-refractivity contribution >= 4 is 16.5 Å². The van der Waals surface area contributed by atoms with Gasteiger partial charge in [0.05, 0.1) is 7.11 Å². The average Bonchev–Trinajstić information content (AvgIpc) is 2.49. The summed E-state index contributed by atoms with van der Waals surface area (Å²) < 4.78 is 5.25. The van der Waals surface area contributed by atoms with E-state index < -0.39 is 0 Å². The van der Waals surface area contributed by atoms with Crippen molar-refractivity contribution in [3.8, 4) is 5.75 Å². The molecule has 20 heavy (non-hydrogen) atoms. The maximum Gasteiger partial charge on any atom is 0.119 e. The first-order valence-electron chi connectivity index (χ1n) is 6.66. The van der Waals surface area contributed by atoms with Crippen molar-refractivity contribution < 1.29 is 4.74 Å². The van der Waals surface area contributed by atoms with Gasteiger partial charge in [0, 0.05) is 5.69 Å². The lowest BCUT2D eigenvalue weighted by Crippen LogP contribution is -1.90. The minimum atomic E-state index is 0.805. The van der Waals surface area contributed by atoms with E-state index in [1.54, 1.807) is 7.11 Å². The molecular weight excluding hydrogens is 246 g/mol. The molecule has 2 heteroatoms. The third kappa shape index (κ3) is 2.59. The van der Waals surface area contributed by atoms with Crippen molar-refractivity contribution in [2.45, 2.75) is 6.42 Å². The number of anilines is 1. The molecule has 0 radical (unpaired) electrons. The molecule has 2 nitrogen and oxygen atoms in total. The van der Waals surface area contributed by atoms with Crippen LogP contribution in [0, 0.1) is 0 Å². The smallest absolute Gasteiger partial charge is 0.119 e. The predicted octanol–water partition coefficient (Wildman–Crippen LogP) is 4.02. The lowest BCUT2D eigenvalue weighted by Gasteiger charge is -2.06. The highest BCUT2D eigenvalue weighted by Crippen LogP contribution is 2.23. The molecule has 0 atom stereocenters. The van der Waals surface area contributed by atoms with E-state index in [4.69, 9.17) is 10.5 Å². The fraction of sp³-hybridized carbons (Fsp3) is 0.111. The summed E-state index contributed by atoms with van der Waals surface area (Å²) in [4.78, 5) is 0. The van der Waals surface area contributed by atoms with Gasteiger partial charge in [-0.1, -0.05) is 36.4 Å². The Morgan fingerprint density at radius 2 is 1.45 bits per heavy atom. The van der Waals surface area contributed by atoms with Crippen LogP contribution in [0.15, 0.2) is 60.7 Å². The van der Waals surface area contributed by atoms with Crippen molar-refractivity contribution in [1.82, 2.24) is 0 Å². The van der Waals surface area contributed by atoms with Gasteiger partial charge < -0.3 is 10.5 Å². The second kappa shape index (κ2) is 5.25. The third-order valence-corrected chi connectivity index (χ3v) is 3.50. The highest BCUT2D eigenvalue weighted by atomic mass is 16.5. The number of methoxy groups -OCH3 is 1. The van der Waals surface area contributed by atoms with Crippen LogP contribution in [0.4, 0.5) is 5.69 Å². The quantitative estimate of drug-likeness (QED) is 0.724. The largest absolute Gasteiger partial charge is 0.497 e. The van der Waals surface area contributed by atoms with E-state index in [9.17, 15) is 0 Å². The molecule has 0 aliphatic rings. The number of fused-ring (bicyclic) bond motifs is 1. The highest BCUT2D eigenvalue weighted by molar-refractivity contribution is 5.84. The van der Waals surface area contributed by atoms with E-state index >= 15 is 0 Å². The molecule has 2 N–H and O–H groups in total. The van der Waals surface area contributed by atoms with Crippen molar-refractivity contribution in [1.29, 1.82) is 0 Å². The van der Waals surface area contributed by atoms with Crippen molar-refractivity contribution in [2.75, 3.05) is 12.8 Å². The molecule has 3 aromatic rings. The molecule has 3 rings (SSSR count). The first kappa shape index (κ1) is 12.5. The minimum absolute atomic E-state index is 0.805. The van der Waals surface area contributed by atoms with E-state index in [0.29, 0.717) is 0 Å². The molecule has 0 aliphatic heterocycles. The summed E-state index contributed by atoms with van der Waals surface area (Å²) in [7, 11) is 1.69. The summed E-state index contributed by atoms with van der Waals surface area (Å²) >= 11 is 0. The molecule has 0 saturated heterocycles. The lowest BCUT2D eigenvalue weighted by molar-refractivity contribution is 0.415. The Bertz CT molecular complexity index is 732. The summed E-state index contributed by atoms with van der Waals surface area (Å²) in [6.45, 7) is 0. The molecule has 0 unspecified atom stereocenters. The fourth-order valence-electron chi connectivity index (χ4n) is 2.38. The number of nitrogens with two attached hydrogens (primary N) is 1. The summed E-state index contributed by atoms with van der Waals surface area (Å²) in [5, 5.41) is 2.43. The van der Waals surface area contributed by atoms with E-state index in [2.05, 4.69) is 42.5 Å². The molecule has 0 heterocycles. The van der Waals surface area contributed by atoms with E-state index in [1.807, 2.05) is 18.2 Å². The van der Waals surface area contributed by atoms with Gasteiger partial charge in [-0.3, -0.25) is 0 Å². The Morgan fingerprint density at radius 3 is 2.20 bits per heavy atom. The molecule has 0 aliphatic carbocycles. The first-order valence-corrected chi connectivity index (χ1v) is 6.66. The van der Waals surface area contributed by atoms with Crippen LogP contribution in [0.5, 0.6) is 5.75 Å². The van der Waals surface area contributed by atoms with Gasteiger partial charge in [-0.15, -0.1) is 0 Å². The maximum absolute atomic E-state index is 5.71. The summed E-state index contributed by atoms with van der Waals surface area (Å²) in [5.41, 5.74) is 9.08. The van der Waals surface area contributed by atoms with E-state index in [1.165, 1.54) is 21.9 Å². The molecule has 0 saturated carbocycles. The van der Waals surface area contributed by atoms with Crippen molar-refractivity contribution in [3.05, 3.63) is 71.8 Å². The second-order valence-electron chi connectivity index (χ2n) is 4.97. The van der Waals surface area contributed by atoms with Crippen LogP contribution in [0.3, 0.4) is 0 Å². The van der Waals surface area contributed by atoms with Gasteiger partial charge in [0.2, 0.25) is 0 Å². The SMILES string of the molecule is COc1ccc2cc(Cc3ccc(N)cc3)ccc2c1. The first-order chi connectivity index (χ1) is 9.74. The average molecular weight is 263 g/mol. The Labute approximate surface area is 118 Å². The Kier molecular flexibility index (Phi) is 3.30. The van der Waals surface area contributed by atoms with Gasteiger partial charge in [-0.05, 0) is 52.6 Å². The topological polar surface area (TPSA) is 35.2 Å². The number of hydrogen-bond acceptors (Lipinski definition) is 2. The minimum Gasteiger partial charge on any atom is -0.497 e. The lowest BCUT2D eigenvalue weighted by atomic mass is 10.0. The molecule has 0 aromatic heterocycles. The van der Waals surface area contributed by atoms with Gasteiger partial charge >= 0.3 is 0 Å². The number of benzene rings is 3. The van der Waals surface area contributed by atoms with Crippen LogP contribution in [-0.2, 0) is 6.42 Å². The van der Waals surface area contributed by atoms with Crippen LogP contribution in [0.25, 0.3) is 10.8 Å². The standard InChI is InChI=1S/C18H17NO/c1-20-18-9-6-15-11-14(2-5-16(15)12-18)10-13-3-7-17(19)8-4-13/h2-9,11-12H,10,19H2,1H3.